The summed E-state index contributed by atoms with van der Waals surface area (Å²) in [7, 11) is 5.58. The van der Waals surface area contributed by atoms with Crippen LogP contribution in [0.3, 0.4) is 0 Å². The molecule has 0 fully saturated rings. The van der Waals surface area contributed by atoms with Gasteiger partial charge in [0, 0.05) is 14.1 Å². The molecule has 22 heavy (non-hydrogen) atoms. The largest absolute Gasteiger partial charge is 0.322 e. The molecule has 0 aliphatic carbocycles. The maximum atomic E-state index is 12.0. The minimum atomic E-state index is -0.0886. The van der Waals surface area contributed by atoms with Gasteiger partial charge in [-0.15, -0.1) is 22.6 Å². The highest BCUT2D eigenvalue weighted by Gasteiger charge is 2.12. The van der Waals surface area contributed by atoms with E-state index >= 15 is 0 Å². The van der Waals surface area contributed by atoms with Crippen molar-refractivity contribution in [2.24, 2.45) is 14.1 Å². The first-order valence-corrected chi connectivity index (χ1v) is 7.45. The third-order valence-corrected chi connectivity index (χ3v) is 4.12. The molecule has 1 amide bonds. The molecule has 0 saturated carbocycles. The maximum absolute atomic E-state index is 12.0. The molecule has 0 bridgehead atoms. The average molecular weight is 346 g/mol. The molecule has 0 atom stereocenters. The lowest BCUT2D eigenvalue weighted by Gasteiger charge is -2.05. The maximum Gasteiger partial charge on any atom is 0.234 e. The molecule has 0 spiro atoms. The number of rotatable bonds is 6. The number of hydrogen-bond donors (Lipinski definition) is 2. The fourth-order valence-electron chi connectivity index (χ4n) is 1.72. The Hall–Kier alpha value is -1.58. The zero-order valence-corrected chi connectivity index (χ0v) is 14.6. The fourth-order valence-corrected chi connectivity index (χ4v) is 2.45. The van der Waals surface area contributed by atoms with Crippen LogP contribution < -0.4 is 10.6 Å². The Morgan fingerprint density at radius 2 is 2.09 bits per heavy atom. The van der Waals surface area contributed by atoms with E-state index in [0.29, 0.717) is 6.54 Å². The second-order valence-electron chi connectivity index (χ2n) is 4.59. The highest BCUT2D eigenvalue weighted by atomic mass is 35.5. The van der Waals surface area contributed by atoms with E-state index in [0.717, 1.165) is 22.4 Å². The van der Waals surface area contributed by atoms with Crippen LogP contribution in [0.4, 0.5) is 5.69 Å². The van der Waals surface area contributed by atoms with Gasteiger partial charge in [0.15, 0.2) is 5.16 Å². The summed E-state index contributed by atoms with van der Waals surface area (Å²) in [6.07, 6.45) is 1.64. The van der Waals surface area contributed by atoms with Gasteiger partial charge < -0.3 is 15.2 Å². The number of nitrogens with one attached hydrogen (secondary N) is 2. The summed E-state index contributed by atoms with van der Waals surface area (Å²) in [6.45, 7) is 2.55. The number of hydrogen-bond acceptors (Lipinski definition) is 6. The van der Waals surface area contributed by atoms with Crippen molar-refractivity contribution < 1.29 is 4.79 Å². The standard InChI is InChI=1S/C12H19N7OS.ClH/c1-8-9(5-14-19(8)4)15-11(20)7-21-12-17-16-10(6-13-2)18(12)3;/h5,13H,6-7H2,1-4H3,(H,15,20);1H. The minimum absolute atomic E-state index is 0. The van der Waals surface area contributed by atoms with Crippen molar-refractivity contribution in [1.29, 1.82) is 0 Å². The lowest BCUT2D eigenvalue weighted by molar-refractivity contribution is -0.113. The summed E-state index contributed by atoms with van der Waals surface area (Å²) in [5.74, 6) is 1.03. The van der Waals surface area contributed by atoms with Crippen molar-refractivity contribution in [3.63, 3.8) is 0 Å². The van der Waals surface area contributed by atoms with Gasteiger partial charge in [0.1, 0.15) is 5.82 Å². The molecular weight excluding hydrogens is 326 g/mol. The molecule has 2 N–H and O–H groups in total. The van der Waals surface area contributed by atoms with Crippen LogP contribution in [0, 0.1) is 6.92 Å². The Morgan fingerprint density at radius 1 is 1.36 bits per heavy atom. The zero-order valence-electron chi connectivity index (χ0n) is 13.0. The fraction of sp³-hybridized carbons (Fsp3) is 0.500. The van der Waals surface area contributed by atoms with Crippen LogP contribution in [0.2, 0.25) is 0 Å². The first kappa shape index (κ1) is 18.5. The van der Waals surface area contributed by atoms with Gasteiger partial charge in [0.2, 0.25) is 5.91 Å². The number of thioether (sulfide) groups is 1. The molecule has 8 nitrogen and oxygen atoms in total. The van der Waals surface area contributed by atoms with Gasteiger partial charge in [-0.2, -0.15) is 5.10 Å². The number of halogens is 1. The molecule has 2 aromatic rings. The number of carbonyl (C=O) groups is 1. The third-order valence-electron chi connectivity index (χ3n) is 3.10. The SMILES string of the molecule is CNCc1nnc(SCC(=O)Nc2cnn(C)c2C)n1C.Cl. The molecule has 122 valence electrons. The number of aryl methyl sites for hydroxylation is 1. The number of nitrogens with zero attached hydrogens (tertiary/aromatic N) is 5. The average Bonchev–Trinajstić information content (AvgIpc) is 2.95. The highest BCUT2D eigenvalue weighted by Crippen LogP contribution is 2.17. The van der Waals surface area contributed by atoms with Gasteiger partial charge in [-0.25, -0.2) is 0 Å². The summed E-state index contributed by atoms with van der Waals surface area (Å²) in [4.78, 5) is 12.0. The molecule has 0 aliphatic rings. The molecule has 0 aromatic carbocycles. The summed E-state index contributed by atoms with van der Waals surface area (Å²) in [5, 5.41) is 18.8. The van der Waals surface area contributed by atoms with Gasteiger partial charge in [-0.3, -0.25) is 9.48 Å². The smallest absolute Gasteiger partial charge is 0.234 e. The van der Waals surface area contributed by atoms with Gasteiger partial charge in [-0.05, 0) is 14.0 Å². The Balaban J connectivity index is 0.00000242. The molecule has 10 heteroatoms. The van der Waals surface area contributed by atoms with Crippen LogP contribution >= 0.6 is 24.2 Å². The summed E-state index contributed by atoms with van der Waals surface area (Å²) >= 11 is 1.36. The van der Waals surface area contributed by atoms with Crippen molar-refractivity contribution >= 4 is 35.8 Å². The zero-order chi connectivity index (χ0) is 15.4. The van der Waals surface area contributed by atoms with Gasteiger partial charge in [-0.1, -0.05) is 11.8 Å². The molecular formula is C12H20ClN7OS. The normalized spacial score (nSPS) is 10.4. The number of carbonyl (C=O) groups excluding carboxylic acids is 1. The van der Waals surface area contributed by atoms with E-state index < -0.39 is 0 Å². The predicted molar refractivity (Wildman–Crippen MR) is 88.3 cm³/mol. The Kier molecular flexibility index (Phi) is 6.85. The molecule has 0 radical (unpaired) electrons. The van der Waals surface area contributed by atoms with Crippen LogP contribution in [0.25, 0.3) is 0 Å². The number of anilines is 1. The van der Waals surface area contributed by atoms with Crippen LogP contribution in [-0.4, -0.2) is 43.3 Å². The first-order chi connectivity index (χ1) is 10.0. The summed E-state index contributed by atoms with van der Waals surface area (Å²) in [5.41, 5.74) is 1.65. The second kappa shape index (κ2) is 8.16. The first-order valence-electron chi connectivity index (χ1n) is 6.47. The van der Waals surface area contributed by atoms with Crippen LogP contribution in [-0.2, 0) is 25.4 Å². The lowest BCUT2D eigenvalue weighted by atomic mass is 10.4. The van der Waals surface area contributed by atoms with E-state index in [1.165, 1.54) is 11.8 Å². The Morgan fingerprint density at radius 3 is 2.68 bits per heavy atom. The van der Waals surface area contributed by atoms with Crippen molar-refractivity contribution in [1.82, 2.24) is 29.9 Å². The third kappa shape index (κ3) is 4.21. The quantitative estimate of drug-likeness (QED) is 0.750. The van der Waals surface area contributed by atoms with Gasteiger partial charge in [0.05, 0.1) is 29.9 Å². The van der Waals surface area contributed by atoms with Crippen molar-refractivity contribution in [2.75, 3.05) is 18.1 Å². The van der Waals surface area contributed by atoms with Gasteiger partial charge >= 0.3 is 0 Å². The van der Waals surface area contributed by atoms with Crippen molar-refractivity contribution in [3.05, 3.63) is 17.7 Å². The summed E-state index contributed by atoms with van der Waals surface area (Å²) in [6, 6.07) is 0. The molecule has 2 heterocycles. The molecule has 0 aliphatic heterocycles. The minimum Gasteiger partial charge on any atom is -0.322 e. The molecule has 2 rings (SSSR count). The second-order valence-corrected chi connectivity index (χ2v) is 5.53. The van der Waals surface area contributed by atoms with Crippen LogP contribution in [0.1, 0.15) is 11.5 Å². The van der Waals surface area contributed by atoms with E-state index in [2.05, 4.69) is 25.9 Å². The van der Waals surface area contributed by atoms with Crippen LogP contribution in [0.5, 0.6) is 0 Å². The molecule has 0 unspecified atom stereocenters. The van der Waals surface area contributed by atoms with Gasteiger partial charge in [0.25, 0.3) is 0 Å². The van der Waals surface area contributed by atoms with Crippen molar-refractivity contribution in [2.45, 2.75) is 18.6 Å². The van der Waals surface area contributed by atoms with Crippen molar-refractivity contribution in [3.8, 4) is 0 Å². The molecule has 0 saturated heterocycles. The van der Waals surface area contributed by atoms with E-state index in [4.69, 9.17) is 0 Å². The summed E-state index contributed by atoms with van der Waals surface area (Å²) < 4.78 is 3.60. The monoisotopic (exact) mass is 345 g/mol. The lowest BCUT2D eigenvalue weighted by Crippen LogP contribution is -2.15. The molecule has 2 aromatic heterocycles. The van der Waals surface area contributed by atoms with E-state index in [1.807, 2.05) is 32.6 Å². The van der Waals surface area contributed by atoms with E-state index in [1.54, 1.807) is 10.9 Å². The van der Waals surface area contributed by atoms with E-state index in [9.17, 15) is 4.79 Å². The Bertz CT molecular complexity index is 639. The van der Waals surface area contributed by atoms with Crippen LogP contribution in [0.15, 0.2) is 11.4 Å². The van der Waals surface area contributed by atoms with E-state index in [-0.39, 0.29) is 24.1 Å². The highest BCUT2D eigenvalue weighted by molar-refractivity contribution is 7.99. The predicted octanol–water partition coefficient (Wildman–Crippen LogP) is 0.729. The topological polar surface area (TPSA) is 89.7 Å². The number of aromatic nitrogens is 5. The number of amides is 1. The Labute approximate surface area is 139 Å².